The van der Waals surface area contributed by atoms with E-state index in [2.05, 4.69) is 24.5 Å². The van der Waals surface area contributed by atoms with Crippen molar-refractivity contribution in [1.82, 2.24) is 10.6 Å². The summed E-state index contributed by atoms with van der Waals surface area (Å²) in [5.41, 5.74) is -0.322. The first-order chi connectivity index (χ1) is 5.75. The lowest BCUT2D eigenvalue weighted by molar-refractivity contribution is -0.129. The summed E-state index contributed by atoms with van der Waals surface area (Å²) in [7, 11) is 3.59. The predicted molar refractivity (Wildman–Crippen MR) is 55.6 cm³/mol. The van der Waals surface area contributed by atoms with Crippen LogP contribution in [0.3, 0.4) is 0 Å². The van der Waals surface area contributed by atoms with Crippen LogP contribution in [0.5, 0.6) is 0 Å². The van der Waals surface area contributed by atoms with Gasteiger partial charge in [0.05, 0.1) is 0 Å². The van der Waals surface area contributed by atoms with Crippen molar-refractivity contribution >= 4 is 5.91 Å². The lowest BCUT2D eigenvalue weighted by atomic mass is 9.79. The Hall–Kier alpha value is -0.570. The number of hydrogen-bond acceptors (Lipinski definition) is 2. The Morgan fingerprint density at radius 2 is 1.62 bits per heavy atom. The highest BCUT2D eigenvalue weighted by molar-refractivity contribution is 5.81. The summed E-state index contributed by atoms with van der Waals surface area (Å²) in [4.78, 5) is 11.5. The molecule has 0 rings (SSSR count). The van der Waals surface area contributed by atoms with E-state index in [0.29, 0.717) is 0 Å². The van der Waals surface area contributed by atoms with Crippen molar-refractivity contribution < 1.29 is 4.79 Å². The Labute approximate surface area is 81.3 Å². The van der Waals surface area contributed by atoms with Crippen molar-refractivity contribution in [2.24, 2.45) is 5.41 Å². The number of carbonyl (C=O) groups excluding carboxylic acids is 1. The standard InChI is InChI=1S/C10H22N2O/c1-9(2,8(13)11-5)7-10(3,4)12-6/h12H,7H2,1-6H3,(H,11,13). The zero-order valence-corrected chi connectivity index (χ0v) is 9.62. The van der Waals surface area contributed by atoms with Gasteiger partial charge in [0.1, 0.15) is 0 Å². The number of amides is 1. The largest absolute Gasteiger partial charge is 0.359 e. The molecule has 0 radical (unpaired) electrons. The van der Waals surface area contributed by atoms with E-state index in [4.69, 9.17) is 0 Å². The van der Waals surface area contributed by atoms with Crippen molar-refractivity contribution in [1.29, 1.82) is 0 Å². The minimum absolute atomic E-state index is 0.00396. The van der Waals surface area contributed by atoms with Crippen LogP contribution in [0, 0.1) is 5.41 Å². The summed E-state index contributed by atoms with van der Waals surface area (Å²) < 4.78 is 0. The maximum atomic E-state index is 11.5. The highest BCUT2D eigenvalue weighted by Gasteiger charge is 2.33. The lowest BCUT2D eigenvalue weighted by Crippen LogP contribution is -2.45. The van der Waals surface area contributed by atoms with Gasteiger partial charge in [-0.2, -0.15) is 0 Å². The molecule has 0 saturated carbocycles. The van der Waals surface area contributed by atoms with Gasteiger partial charge >= 0.3 is 0 Å². The molecule has 3 heteroatoms. The van der Waals surface area contributed by atoms with Crippen LogP contribution in [0.4, 0.5) is 0 Å². The maximum Gasteiger partial charge on any atom is 0.225 e. The van der Waals surface area contributed by atoms with Crippen LogP contribution in [0.2, 0.25) is 0 Å². The van der Waals surface area contributed by atoms with Gasteiger partial charge < -0.3 is 10.6 Å². The minimum atomic E-state index is -0.318. The number of rotatable bonds is 4. The minimum Gasteiger partial charge on any atom is -0.359 e. The van der Waals surface area contributed by atoms with Crippen LogP contribution < -0.4 is 10.6 Å². The summed E-state index contributed by atoms with van der Waals surface area (Å²) >= 11 is 0. The Morgan fingerprint density at radius 3 is 1.92 bits per heavy atom. The van der Waals surface area contributed by atoms with Gasteiger partial charge in [-0.1, -0.05) is 13.8 Å². The summed E-state index contributed by atoms with van der Waals surface area (Å²) in [5, 5.41) is 5.88. The van der Waals surface area contributed by atoms with Crippen molar-refractivity contribution in [3.05, 3.63) is 0 Å². The van der Waals surface area contributed by atoms with E-state index in [1.54, 1.807) is 7.05 Å². The smallest absolute Gasteiger partial charge is 0.225 e. The molecule has 0 aromatic heterocycles. The van der Waals surface area contributed by atoms with Crippen LogP contribution >= 0.6 is 0 Å². The van der Waals surface area contributed by atoms with E-state index in [9.17, 15) is 4.79 Å². The molecule has 0 aromatic rings. The summed E-state index contributed by atoms with van der Waals surface area (Å²) in [6.45, 7) is 8.12. The summed E-state index contributed by atoms with van der Waals surface area (Å²) in [6.07, 6.45) is 0.816. The van der Waals surface area contributed by atoms with Gasteiger partial charge in [-0.3, -0.25) is 4.79 Å². The first-order valence-corrected chi connectivity index (χ1v) is 4.66. The molecule has 0 aliphatic heterocycles. The molecule has 1 amide bonds. The van der Waals surface area contributed by atoms with Crippen LogP contribution in [0.25, 0.3) is 0 Å². The van der Waals surface area contributed by atoms with Crippen molar-refractivity contribution in [3.8, 4) is 0 Å². The molecule has 0 aliphatic carbocycles. The molecule has 0 atom stereocenters. The van der Waals surface area contributed by atoms with Gasteiger partial charge in [-0.15, -0.1) is 0 Å². The van der Waals surface area contributed by atoms with E-state index in [1.807, 2.05) is 20.9 Å². The molecule has 0 saturated heterocycles. The second-order valence-electron chi connectivity index (χ2n) is 4.77. The zero-order chi connectivity index (χ0) is 10.7. The molecule has 2 N–H and O–H groups in total. The fraction of sp³-hybridized carbons (Fsp3) is 0.900. The summed E-state index contributed by atoms with van der Waals surface area (Å²) in [6, 6.07) is 0. The fourth-order valence-electron chi connectivity index (χ4n) is 1.61. The molecule has 0 aromatic carbocycles. The van der Waals surface area contributed by atoms with E-state index in [1.165, 1.54) is 0 Å². The normalized spacial score (nSPS) is 12.8. The Bertz CT molecular complexity index is 185. The van der Waals surface area contributed by atoms with Crippen molar-refractivity contribution in [2.45, 2.75) is 39.7 Å². The molecule has 78 valence electrons. The Kier molecular flexibility index (Phi) is 3.91. The van der Waals surface area contributed by atoms with Crippen molar-refractivity contribution in [2.75, 3.05) is 14.1 Å². The first-order valence-electron chi connectivity index (χ1n) is 4.66. The topological polar surface area (TPSA) is 41.1 Å². The van der Waals surface area contributed by atoms with Gasteiger partial charge in [0, 0.05) is 18.0 Å². The second-order valence-corrected chi connectivity index (χ2v) is 4.77. The highest BCUT2D eigenvalue weighted by Crippen LogP contribution is 2.27. The molecule has 3 nitrogen and oxygen atoms in total. The van der Waals surface area contributed by atoms with Crippen LogP contribution in [-0.4, -0.2) is 25.5 Å². The second kappa shape index (κ2) is 4.09. The van der Waals surface area contributed by atoms with Gasteiger partial charge in [-0.25, -0.2) is 0 Å². The average molecular weight is 186 g/mol. The molecular formula is C10H22N2O. The van der Waals surface area contributed by atoms with Gasteiger partial charge in [0.2, 0.25) is 5.91 Å². The molecule has 13 heavy (non-hydrogen) atoms. The third-order valence-electron chi connectivity index (χ3n) is 2.40. The van der Waals surface area contributed by atoms with Crippen LogP contribution in [0.1, 0.15) is 34.1 Å². The fourth-order valence-corrected chi connectivity index (χ4v) is 1.61. The van der Waals surface area contributed by atoms with E-state index >= 15 is 0 Å². The van der Waals surface area contributed by atoms with E-state index in [-0.39, 0.29) is 16.9 Å². The van der Waals surface area contributed by atoms with Crippen LogP contribution in [-0.2, 0) is 4.79 Å². The molecule has 0 heterocycles. The molecular weight excluding hydrogens is 164 g/mol. The molecule has 0 unspecified atom stereocenters. The Morgan fingerprint density at radius 1 is 1.15 bits per heavy atom. The van der Waals surface area contributed by atoms with Gasteiger partial charge in [-0.05, 0) is 27.3 Å². The SMILES string of the molecule is CNC(=O)C(C)(C)CC(C)(C)NC. The molecule has 0 aliphatic rings. The Balaban J connectivity index is 4.41. The first kappa shape index (κ1) is 12.4. The zero-order valence-electron chi connectivity index (χ0n) is 9.62. The maximum absolute atomic E-state index is 11.5. The van der Waals surface area contributed by atoms with E-state index < -0.39 is 0 Å². The highest BCUT2D eigenvalue weighted by atomic mass is 16.2. The summed E-state index contributed by atoms with van der Waals surface area (Å²) in [5.74, 6) is 0.0934. The lowest BCUT2D eigenvalue weighted by Gasteiger charge is -2.33. The third-order valence-corrected chi connectivity index (χ3v) is 2.40. The average Bonchev–Trinajstić information content (AvgIpc) is 2.01. The van der Waals surface area contributed by atoms with Crippen LogP contribution in [0.15, 0.2) is 0 Å². The molecule has 0 spiro atoms. The molecule has 0 bridgehead atoms. The number of nitrogens with one attached hydrogen (secondary N) is 2. The number of carbonyl (C=O) groups is 1. The monoisotopic (exact) mass is 186 g/mol. The van der Waals surface area contributed by atoms with E-state index in [0.717, 1.165) is 6.42 Å². The number of hydrogen-bond donors (Lipinski definition) is 2. The quantitative estimate of drug-likeness (QED) is 0.691. The van der Waals surface area contributed by atoms with Crippen molar-refractivity contribution in [3.63, 3.8) is 0 Å². The van der Waals surface area contributed by atoms with Gasteiger partial charge in [0.25, 0.3) is 0 Å². The predicted octanol–water partition coefficient (Wildman–Crippen LogP) is 1.15. The third kappa shape index (κ3) is 3.77. The molecule has 0 fully saturated rings. The van der Waals surface area contributed by atoms with Gasteiger partial charge in [0.15, 0.2) is 0 Å².